The van der Waals surface area contributed by atoms with Crippen molar-refractivity contribution in [3.05, 3.63) is 51.8 Å². The van der Waals surface area contributed by atoms with E-state index in [0.29, 0.717) is 6.04 Å². The van der Waals surface area contributed by atoms with Crippen molar-refractivity contribution in [1.82, 2.24) is 15.1 Å². The van der Waals surface area contributed by atoms with Crippen LogP contribution in [0.25, 0.3) is 10.8 Å². The second-order valence-electron chi connectivity index (χ2n) is 7.46. The molecule has 134 valence electrons. The predicted molar refractivity (Wildman–Crippen MR) is 108 cm³/mol. The van der Waals surface area contributed by atoms with Crippen LogP contribution in [0.3, 0.4) is 0 Å². The Kier molecular flexibility index (Phi) is 4.14. The molecule has 4 heterocycles. The van der Waals surface area contributed by atoms with Gasteiger partial charge in [0.05, 0.1) is 5.69 Å². The summed E-state index contributed by atoms with van der Waals surface area (Å²) >= 11 is 1.92. The lowest BCUT2D eigenvalue weighted by Gasteiger charge is -2.40. The summed E-state index contributed by atoms with van der Waals surface area (Å²) < 4.78 is 0. The average molecular weight is 365 g/mol. The Balaban J connectivity index is 1.32. The molecule has 4 nitrogen and oxygen atoms in total. The molecule has 0 saturated carbocycles. The van der Waals surface area contributed by atoms with Gasteiger partial charge >= 0.3 is 0 Å². The Hall–Kier alpha value is -1.98. The number of aromatic nitrogens is 2. The minimum atomic E-state index is 0.698. The van der Waals surface area contributed by atoms with E-state index in [4.69, 9.17) is 0 Å². The van der Waals surface area contributed by atoms with Crippen LogP contribution in [0.5, 0.6) is 0 Å². The first-order valence-corrected chi connectivity index (χ1v) is 10.4. The molecule has 1 saturated heterocycles. The fourth-order valence-electron chi connectivity index (χ4n) is 4.48. The van der Waals surface area contributed by atoms with Crippen molar-refractivity contribution in [2.75, 3.05) is 24.5 Å². The van der Waals surface area contributed by atoms with E-state index in [-0.39, 0.29) is 0 Å². The monoisotopic (exact) mass is 364 g/mol. The summed E-state index contributed by atoms with van der Waals surface area (Å²) in [7, 11) is 0. The van der Waals surface area contributed by atoms with Gasteiger partial charge in [-0.3, -0.25) is 4.90 Å². The molecule has 3 aromatic rings. The first-order valence-electron chi connectivity index (χ1n) is 9.56. The van der Waals surface area contributed by atoms with E-state index in [2.05, 4.69) is 55.7 Å². The lowest BCUT2D eigenvalue weighted by Crippen LogP contribution is -2.46. The second-order valence-corrected chi connectivity index (χ2v) is 8.46. The van der Waals surface area contributed by atoms with Crippen LogP contribution in [-0.4, -0.2) is 40.8 Å². The predicted octanol–water partition coefficient (Wildman–Crippen LogP) is 4.03. The summed E-state index contributed by atoms with van der Waals surface area (Å²) in [4.78, 5) is 6.73. The molecule has 2 aliphatic rings. The highest BCUT2D eigenvalue weighted by atomic mass is 32.1. The number of hydrogen-bond acceptors (Lipinski definition) is 5. The molecule has 0 radical (unpaired) electrons. The molecule has 0 bridgehead atoms. The second kappa shape index (κ2) is 6.63. The molecule has 1 fully saturated rings. The summed E-state index contributed by atoms with van der Waals surface area (Å²) in [5.41, 5.74) is 2.57. The zero-order valence-corrected chi connectivity index (χ0v) is 16.0. The normalized spacial score (nSPS) is 19.0. The van der Waals surface area contributed by atoms with Gasteiger partial charge in [0, 0.05) is 47.9 Å². The highest BCUT2D eigenvalue weighted by Crippen LogP contribution is 2.31. The van der Waals surface area contributed by atoms with Gasteiger partial charge in [0.1, 0.15) is 0 Å². The number of nitrogens with zero attached hydrogens (tertiary/aromatic N) is 4. The van der Waals surface area contributed by atoms with Gasteiger partial charge in [-0.15, -0.1) is 16.4 Å². The van der Waals surface area contributed by atoms with Crippen molar-refractivity contribution in [3.8, 4) is 0 Å². The van der Waals surface area contributed by atoms with Crippen molar-refractivity contribution in [1.29, 1.82) is 0 Å². The van der Waals surface area contributed by atoms with E-state index in [1.165, 1.54) is 36.6 Å². The molecule has 0 amide bonds. The van der Waals surface area contributed by atoms with Gasteiger partial charge in [-0.2, -0.15) is 5.10 Å². The fraction of sp³-hybridized carbons (Fsp3) is 0.429. The number of thiophene rings is 1. The third kappa shape index (κ3) is 2.79. The van der Waals surface area contributed by atoms with Crippen LogP contribution in [0, 0.1) is 6.92 Å². The summed E-state index contributed by atoms with van der Waals surface area (Å²) in [5.74, 6) is 1.06. The van der Waals surface area contributed by atoms with Crippen LogP contribution in [0.15, 0.2) is 35.7 Å². The lowest BCUT2D eigenvalue weighted by molar-refractivity contribution is 0.154. The molecule has 0 unspecified atom stereocenters. The van der Waals surface area contributed by atoms with Crippen molar-refractivity contribution in [2.24, 2.45) is 0 Å². The van der Waals surface area contributed by atoms with Gasteiger partial charge in [0.2, 0.25) is 0 Å². The lowest BCUT2D eigenvalue weighted by atomic mass is 9.99. The molecule has 5 heteroatoms. The number of fused-ring (bicyclic) bond motifs is 2. The molecular formula is C21H24N4S. The smallest absolute Gasteiger partial charge is 0.159 e. The van der Waals surface area contributed by atoms with Gasteiger partial charge in [0.15, 0.2) is 5.82 Å². The zero-order chi connectivity index (χ0) is 17.5. The topological polar surface area (TPSA) is 32.3 Å². The van der Waals surface area contributed by atoms with Crippen LogP contribution < -0.4 is 4.90 Å². The quantitative estimate of drug-likeness (QED) is 0.687. The molecule has 2 aliphatic heterocycles. The molecule has 0 atom stereocenters. The largest absolute Gasteiger partial charge is 0.354 e. The van der Waals surface area contributed by atoms with Crippen LogP contribution in [-0.2, 0) is 13.0 Å². The summed E-state index contributed by atoms with van der Waals surface area (Å²) in [5, 5.41) is 13.7. The van der Waals surface area contributed by atoms with Crippen LogP contribution in [0.2, 0.25) is 0 Å². The van der Waals surface area contributed by atoms with E-state index in [1.54, 1.807) is 10.4 Å². The van der Waals surface area contributed by atoms with Crippen molar-refractivity contribution in [3.63, 3.8) is 0 Å². The van der Waals surface area contributed by atoms with Gasteiger partial charge in [0.25, 0.3) is 0 Å². The number of rotatable bonds is 2. The zero-order valence-electron chi connectivity index (χ0n) is 15.2. The molecule has 0 spiro atoms. The van der Waals surface area contributed by atoms with Crippen molar-refractivity contribution < 1.29 is 0 Å². The highest BCUT2D eigenvalue weighted by Gasteiger charge is 2.28. The maximum Gasteiger partial charge on any atom is 0.159 e. The van der Waals surface area contributed by atoms with E-state index in [1.807, 2.05) is 18.3 Å². The van der Waals surface area contributed by atoms with Crippen LogP contribution in [0.4, 0.5) is 5.82 Å². The Morgan fingerprint density at radius 1 is 1.00 bits per heavy atom. The van der Waals surface area contributed by atoms with Gasteiger partial charge in [-0.1, -0.05) is 24.3 Å². The van der Waals surface area contributed by atoms with E-state index in [0.717, 1.165) is 31.1 Å². The third-order valence-electron chi connectivity index (χ3n) is 5.97. The molecule has 0 aliphatic carbocycles. The molecule has 1 aromatic carbocycles. The minimum Gasteiger partial charge on any atom is -0.354 e. The van der Waals surface area contributed by atoms with Gasteiger partial charge < -0.3 is 4.90 Å². The minimum absolute atomic E-state index is 0.698. The number of aryl methyl sites for hydroxylation is 1. The number of hydrogen-bond donors (Lipinski definition) is 0. The van der Waals surface area contributed by atoms with Crippen molar-refractivity contribution >= 4 is 27.9 Å². The molecule has 26 heavy (non-hydrogen) atoms. The number of piperidine rings is 1. The van der Waals surface area contributed by atoms with Crippen molar-refractivity contribution in [2.45, 2.75) is 38.8 Å². The standard InChI is InChI=1S/C21H24N4S/c1-15-18-4-2-3-5-19(18)21(23-22-15)24-10-6-17(7-11-24)25-12-8-20-16(14-25)9-13-26-20/h2-5,9,13,17H,6-8,10-12,14H2,1H3. The van der Waals surface area contributed by atoms with Gasteiger partial charge in [-0.25, -0.2) is 0 Å². The Bertz CT molecular complexity index is 927. The van der Waals surface area contributed by atoms with E-state index < -0.39 is 0 Å². The maximum absolute atomic E-state index is 4.55. The summed E-state index contributed by atoms with van der Waals surface area (Å²) in [6.45, 7) is 6.53. The van der Waals surface area contributed by atoms with Crippen LogP contribution in [0.1, 0.15) is 29.0 Å². The molecule has 5 rings (SSSR count). The molecular weight excluding hydrogens is 340 g/mol. The first kappa shape index (κ1) is 16.2. The SMILES string of the molecule is Cc1nnc(N2CCC(N3CCc4sccc4C3)CC2)c2ccccc12. The third-order valence-corrected chi connectivity index (χ3v) is 6.99. The Labute approximate surface area is 158 Å². The van der Waals surface area contributed by atoms with Gasteiger partial charge in [-0.05, 0) is 43.2 Å². The van der Waals surface area contributed by atoms with Crippen LogP contribution >= 0.6 is 11.3 Å². The number of benzene rings is 1. The molecule has 0 N–H and O–H groups in total. The highest BCUT2D eigenvalue weighted by molar-refractivity contribution is 7.10. The van der Waals surface area contributed by atoms with E-state index >= 15 is 0 Å². The average Bonchev–Trinajstić information content (AvgIpc) is 3.17. The maximum atomic E-state index is 4.55. The Morgan fingerprint density at radius 2 is 1.81 bits per heavy atom. The van der Waals surface area contributed by atoms with E-state index in [9.17, 15) is 0 Å². The Morgan fingerprint density at radius 3 is 2.65 bits per heavy atom. The summed E-state index contributed by atoms with van der Waals surface area (Å²) in [6.07, 6.45) is 3.65. The number of anilines is 1. The molecule has 2 aromatic heterocycles. The summed E-state index contributed by atoms with van der Waals surface area (Å²) in [6, 6.07) is 11.5. The fourth-order valence-corrected chi connectivity index (χ4v) is 5.37. The first-order chi connectivity index (χ1) is 12.8.